The van der Waals surface area contributed by atoms with Crippen LogP contribution in [0.2, 0.25) is 0 Å². The Kier molecular flexibility index (Phi) is 5.75. The summed E-state index contributed by atoms with van der Waals surface area (Å²) in [5.74, 6) is 0.739. The van der Waals surface area contributed by atoms with Crippen LogP contribution in [0.4, 0.5) is 0 Å². The van der Waals surface area contributed by atoms with Crippen molar-refractivity contribution in [1.82, 2.24) is 4.90 Å². The van der Waals surface area contributed by atoms with Gasteiger partial charge in [-0.3, -0.25) is 4.99 Å². The summed E-state index contributed by atoms with van der Waals surface area (Å²) >= 11 is 4.20. The Hall–Kier alpha value is -0.300. The van der Waals surface area contributed by atoms with Crippen molar-refractivity contribution in [3.8, 4) is 0 Å². The highest BCUT2D eigenvalue weighted by Crippen LogP contribution is 2.18. The van der Waals surface area contributed by atoms with Crippen molar-refractivity contribution in [2.24, 2.45) is 10.7 Å². The van der Waals surface area contributed by atoms with E-state index in [1.54, 1.807) is 0 Å². The van der Waals surface area contributed by atoms with Crippen LogP contribution in [0.15, 0.2) is 17.1 Å². The van der Waals surface area contributed by atoms with Crippen molar-refractivity contribution in [3.05, 3.63) is 19.9 Å². The molecule has 0 spiro atoms. The Morgan fingerprint density at radius 2 is 2.00 bits per heavy atom. The summed E-state index contributed by atoms with van der Waals surface area (Å²) in [7, 11) is 0. The molecule has 0 aromatic carbocycles. The molecule has 18 heavy (non-hydrogen) atoms. The van der Waals surface area contributed by atoms with E-state index in [2.05, 4.69) is 44.6 Å². The van der Waals surface area contributed by atoms with Gasteiger partial charge in [-0.2, -0.15) is 0 Å². The first-order valence-corrected chi connectivity index (χ1v) is 8.44. The molecule has 100 valence electrons. The molecule has 0 atom stereocenters. The van der Waals surface area contributed by atoms with Gasteiger partial charge in [-0.1, -0.05) is 12.8 Å². The highest BCUT2D eigenvalue weighted by atomic mass is 127. The van der Waals surface area contributed by atoms with Crippen molar-refractivity contribution >= 4 is 39.9 Å². The quantitative estimate of drug-likeness (QED) is 0.500. The minimum atomic E-state index is 0.739. The molecule has 1 aliphatic rings. The second-order valence-corrected chi connectivity index (χ2v) is 7.66. The van der Waals surface area contributed by atoms with E-state index >= 15 is 0 Å². The highest BCUT2D eigenvalue weighted by Gasteiger charge is 2.10. The van der Waals surface area contributed by atoms with Crippen molar-refractivity contribution in [3.63, 3.8) is 0 Å². The number of hydrogen-bond acceptors (Lipinski definition) is 2. The summed E-state index contributed by atoms with van der Waals surface area (Å²) < 4.78 is 1.34. The zero-order valence-electron chi connectivity index (χ0n) is 10.6. The van der Waals surface area contributed by atoms with E-state index in [0.29, 0.717) is 0 Å². The van der Waals surface area contributed by atoms with Gasteiger partial charge < -0.3 is 10.6 Å². The predicted molar refractivity (Wildman–Crippen MR) is 87.3 cm³/mol. The summed E-state index contributed by atoms with van der Waals surface area (Å²) in [5.41, 5.74) is 6.07. The number of likely N-dealkylation sites (tertiary alicyclic amines) is 1. The fourth-order valence-electron chi connectivity index (χ4n) is 2.17. The second kappa shape index (κ2) is 7.33. The molecule has 1 fully saturated rings. The van der Waals surface area contributed by atoms with Crippen LogP contribution < -0.4 is 5.73 Å². The number of halogens is 1. The number of aliphatic imine (C=N–C) groups is 1. The van der Waals surface area contributed by atoms with E-state index in [-0.39, 0.29) is 0 Å². The van der Waals surface area contributed by atoms with Crippen LogP contribution in [0.25, 0.3) is 0 Å². The van der Waals surface area contributed by atoms with E-state index in [1.165, 1.54) is 33.4 Å². The zero-order valence-corrected chi connectivity index (χ0v) is 13.5. The number of hydrogen-bond donors (Lipinski definition) is 1. The Labute approximate surface area is 127 Å². The van der Waals surface area contributed by atoms with Crippen LogP contribution in [0.5, 0.6) is 0 Å². The maximum absolute atomic E-state index is 6.07. The topological polar surface area (TPSA) is 41.6 Å². The van der Waals surface area contributed by atoms with E-state index < -0.39 is 0 Å². The molecule has 3 nitrogen and oxygen atoms in total. The van der Waals surface area contributed by atoms with Crippen LogP contribution in [-0.2, 0) is 6.42 Å². The minimum Gasteiger partial charge on any atom is -0.370 e. The standard InChI is InChI=1S/C13H20IN3S/c14-12-6-5-11(18-12)7-8-16-13(15)17-9-3-1-2-4-10-17/h5-6H,1-4,7-10H2,(H2,15,16). The van der Waals surface area contributed by atoms with Gasteiger partial charge in [0.15, 0.2) is 5.96 Å². The molecule has 0 radical (unpaired) electrons. The number of nitrogens with two attached hydrogens (primary N) is 1. The largest absolute Gasteiger partial charge is 0.370 e. The number of guanidine groups is 1. The van der Waals surface area contributed by atoms with Gasteiger partial charge >= 0.3 is 0 Å². The second-order valence-electron chi connectivity index (χ2n) is 4.60. The molecule has 0 saturated carbocycles. The molecule has 1 aliphatic heterocycles. The third kappa shape index (κ3) is 4.42. The first-order chi connectivity index (χ1) is 8.75. The smallest absolute Gasteiger partial charge is 0.191 e. The summed E-state index contributed by atoms with van der Waals surface area (Å²) in [6.07, 6.45) is 6.16. The van der Waals surface area contributed by atoms with Gasteiger partial charge in [-0.15, -0.1) is 11.3 Å². The fraction of sp³-hybridized carbons (Fsp3) is 0.615. The molecule has 2 N–H and O–H groups in total. The molecular formula is C13H20IN3S. The van der Waals surface area contributed by atoms with E-state index in [9.17, 15) is 0 Å². The summed E-state index contributed by atoms with van der Waals surface area (Å²) in [6.45, 7) is 2.96. The third-order valence-electron chi connectivity index (χ3n) is 3.19. The zero-order chi connectivity index (χ0) is 12.8. The highest BCUT2D eigenvalue weighted by molar-refractivity contribution is 14.1. The Morgan fingerprint density at radius 3 is 2.61 bits per heavy atom. The summed E-state index contributed by atoms with van der Waals surface area (Å²) in [5, 5.41) is 0. The monoisotopic (exact) mass is 377 g/mol. The lowest BCUT2D eigenvalue weighted by Gasteiger charge is -2.20. The molecule has 0 aliphatic carbocycles. The Morgan fingerprint density at radius 1 is 1.28 bits per heavy atom. The van der Waals surface area contributed by atoms with Gasteiger partial charge in [0.1, 0.15) is 0 Å². The van der Waals surface area contributed by atoms with Crippen LogP contribution >= 0.6 is 33.9 Å². The van der Waals surface area contributed by atoms with Crippen LogP contribution in [0.3, 0.4) is 0 Å². The van der Waals surface area contributed by atoms with Gasteiger partial charge in [-0.05, 0) is 47.6 Å². The molecule has 0 bridgehead atoms. The molecule has 2 heterocycles. The predicted octanol–water partition coefficient (Wildman–Crippen LogP) is 3.09. The average molecular weight is 377 g/mol. The van der Waals surface area contributed by atoms with Crippen LogP contribution in [0, 0.1) is 2.88 Å². The van der Waals surface area contributed by atoms with Gasteiger partial charge in [0.2, 0.25) is 0 Å². The SMILES string of the molecule is NC(=NCCc1ccc(I)s1)N1CCCCCC1. The Balaban J connectivity index is 1.80. The molecule has 5 heteroatoms. The van der Waals surface area contributed by atoms with E-state index in [1.807, 2.05) is 11.3 Å². The summed E-state index contributed by atoms with van der Waals surface area (Å²) in [6, 6.07) is 4.34. The number of thiophene rings is 1. The molecule has 2 rings (SSSR count). The Bertz CT molecular complexity index is 395. The first-order valence-electron chi connectivity index (χ1n) is 6.55. The summed E-state index contributed by atoms with van der Waals surface area (Å²) in [4.78, 5) is 8.16. The van der Waals surface area contributed by atoms with Gasteiger partial charge in [-0.25, -0.2) is 0 Å². The molecule has 1 aromatic heterocycles. The van der Waals surface area contributed by atoms with Crippen LogP contribution in [-0.4, -0.2) is 30.5 Å². The molecule has 1 aromatic rings. The third-order valence-corrected chi connectivity index (χ3v) is 5.14. The number of nitrogens with zero attached hydrogens (tertiary/aromatic N) is 2. The fourth-order valence-corrected chi connectivity index (χ4v) is 3.91. The lowest BCUT2D eigenvalue weighted by atomic mass is 10.2. The van der Waals surface area contributed by atoms with Crippen molar-refractivity contribution in [2.75, 3.05) is 19.6 Å². The number of rotatable bonds is 3. The lowest BCUT2D eigenvalue weighted by Crippen LogP contribution is -2.38. The molecular weight excluding hydrogens is 357 g/mol. The maximum Gasteiger partial charge on any atom is 0.191 e. The van der Waals surface area contributed by atoms with E-state index in [0.717, 1.165) is 32.0 Å². The van der Waals surface area contributed by atoms with E-state index in [4.69, 9.17) is 5.73 Å². The first kappa shape index (κ1) is 14.1. The average Bonchev–Trinajstić information content (AvgIpc) is 2.63. The molecule has 1 saturated heterocycles. The normalized spacial score (nSPS) is 17.8. The van der Waals surface area contributed by atoms with Crippen molar-refractivity contribution < 1.29 is 0 Å². The van der Waals surface area contributed by atoms with Gasteiger partial charge in [0, 0.05) is 30.9 Å². The van der Waals surface area contributed by atoms with Gasteiger partial charge in [0.05, 0.1) is 2.88 Å². The van der Waals surface area contributed by atoms with Crippen LogP contribution in [0.1, 0.15) is 30.6 Å². The van der Waals surface area contributed by atoms with Crippen molar-refractivity contribution in [2.45, 2.75) is 32.1 Å². The molecule has 0 unspecified atom stereocenters. The van der Waals surface area contributed by atoms with Gasteiger partial charge in [0.25, 0.3) is 0 Å². The maximum atomic E-state index is 6.07. The minimum absolute atomic E-state index is 0.739. The molecule has 0 amide bonds. The van der Waals surface area contributed by atoms with Crippen molar-refractivity contribution in [1.29, 1.82) is 0 Å². The lowest BCUT2D eigenvalue weighted by molar-refractivity contribution is 0.428.